The van der Waals surface area contributed by atoms with Crippen LogP contribution in [0.25, 0.3) is 11.3 Å². The summed E-state index contributed by atoms with van der Waals surface area (Å²) in [5.41, 5.74) is 1.11. The van der Waals surface area contributed by atoms with E-state index in [2.05, 4.69) is 10.3 Å². The van der Waals surface area contributed by atoms with Crippen LogP contribution in [0.4, 0.5) is 10.4 Å². The molecule has 0 amide bonds. The van der Waals surface area contributed by atoms with Crippen molar-refractivity contribution < 1.29 is 8.81 Å². The van der Waals surface area contributed by atoms with Crippen LogP contribution >= 0.6 is 0 Å². The van der Waals surface area contributed by atoms with Gasteiger partial charge in [0.25, 0.3) is 6.01 Å². The minimum atomic E-state index is -0.306. The van der Waals surface area contributed by atoms with Gasteiger partial charge in [0.1, 0.15) is 5.82 Å². The highest BCUT2D eigenvalue weighted by molar-refractivity contribution is 5.61. The fourth-order valence-corrected chi connectivity index (χ4v) is 1.40. The average Bonchev–Trinajstić information content (AvgIpc) is 2.60. The lowest BCUT2D eigenvalue weighted by molar-refractivity contribution is 0.575. The first-order valence-electron chi connectivity index (χ1n) is 4.62. The van der Waals surface area contributed by atoms with Crippen molar-refractivity contribution in [2.75, 3.05) is 12.4 Å². The topological polar surface area (TPSA) is 38.1 Å². The normalized spacial score (nSPS) is 10.3. The summed E-state index contributed by atoms with van der Waals surface area (Å²) < 4.78 is 18.8. The van der Waals surface area contributed by atoms with Crippen molar-refractivity contribution in [3.63, 3.8) is 0 Å². The molecule has 2 aromatic rings. The van der Waals surface area contributed by atoms with Crippen molar-refractivity contribution >= 4 is 6.01 Å². The van der Waals surface area contributed by atoms with Crippen LogP contribution in [0, 0.1) is 12.7 Å². The van der Waals surface area contributed by atoms with Gasteiger partial charge in [-0.3, -0.25) is 0 Å². The summed E-state index contributed by atoms with van der Waals surface area (Å²) in [6.07, 6.45) is 0. The van der Waals surface area contributed by atoms with E-state index < -0.39 is 0 Å². The Morgan fingerprint density at radius 3 is 2.67 bits per heavy atom. The third kappa shape index (κ3) is 1.70. The molecule has 0 spiro atoms. The van der Waals surface area contributed by atoms with Gasteiger partial charge in [0.15, 0.2) is 5.76 Å². The minimum absolute atomic E-state index is 0.306. The summed E-state index contributed by atoms with van der Waals surface area (Å²) >= 11 is 0. The number of halogens is 1. The highest BCUT2D eigenvalue weighted by Crippen LogP contribution is 2.28. The zero-order valence-corrected chi connectivity index (χ0v) is 8.54. The summed E-state index contributed by atoms with van der Waals surface area (Å²) in [6, 6.07) is 6.87. The lowest BCUT2D eigenvalue weighted by atomic mass is 10.1. The maximum absolute atomic E-state index is 13.5. The van der Waals surface area contributed by atoms with Gasteiger partial charge in [0, 0.05) is 7.05 Å². The molecule has 1 aromatic carbocycles. The number of anilines is 1. The number of oxazole rings is 1. The lowest BCUT2D eigenvalue weighted by Crippen LogP contribution is -1.85. The van der Waals surface area contributed by atoms with Crippen molar-refractivity contribution in [2.45, 2.75) is 6.92 Å². The third-order valence-corrected chi connectivity index (χ3v) is 2.13. The number of aromatic nitrogens is 1. The molecule has 0 unspecified atom stereocenters. The van der Waals surface area contributed by atoms with E-state index >= 15 is 0 Å². The van der Waals surface area contributed by atoms with Crippen LogP contribution in [0.2, 0.25) is 0 Å². The van der Waals surface area contributed by atoms with Crippen molar-refractivity contribution in [1.29, 1.82) is 0 Å². The van der Waals surface area contributed by atoms with Crippen LogP contribution in [-0.4, -0.2) is 12.0 Å². The maximum Gasteiger partial charge on any atom is 0.295 e. The van der Waals surface area contributed by atoms with Gasteiger partial charge >= 0.3 is 0 Å². The Morgan fingerprint density at radius 2 is 2.07 bits per heavy atom. The highest BCUT2D eigenvalue weighted by Gasteiger charge is 2.13. The van der Waals surface area contributed by atoms with E-state index in [1.165, 1.54) is 6.07 Å². The molecule has 0 aliphatic carbocycles. The second-order valence-corrected chi connectivity index (χ2v) is 3.16. The number of nitrogens with one attached hydrogen (secondary N) is 1. The van der Waals surface area contributed by atoms with Gasteiger partial charge in [0.2, 0.25) is 0 Å². The van der Waals surface area contributed by atoms with Crippen molar-refractivity contribution in [2.24, 2.45) is 0 Å². The zero-order valence-electron chi connectivity index (χ0n) is 8.54. The van der Waals surface area contributed by atoms with Gasteiger partial charge in [-0.25, -0.2) is 4.39 Å². The molecule has 0 atom stereocenters. The quantitative estimate of drug-likeness (QED) is 0.821. The van der Waals surface area contributed by atoms with E-state index in [-0.39, 0.29) is 5.82 Å². The molecule has 1 aromatic heterocycles. The molecule has 0 aliphatic heterocycles. The molecule has 1 heterocycles. The van der Waals surface area contributed by atoms with Crippen molar-refractivity contribution in [3.05, 3.63) is 35.8 Å². The Kier molecular flexibility index (Phi) is 2.41. The van der Waals surface area contributed by atoms with E-state index in [1.807, 2.05) is 0 Å². The SMILES string of the molecule is CNc1nc(C)c(-c2ccccc2F)o1. The summed E-state index contributed by atoms with van der Waals surface area (Å²) in [4.78, 5) is 4.10. The Morgan fingerprint density at radius 1 is 1.33 bits per heavy atom. The van der Waals surface area contributed by atoms with Crippen molar-refractivity contribution in [3.8, 4) is 11.3 Å². The van der Waals surface area contributed by atoms with E-state index in [4.69, 9.17) is 4.42 Å². The first-order valence-corrected chi connectivity index (χ1v) is 4.62. The molecule has 0 radical (unpaired) electrons. The molecule has 4 heteroatoms. The van der Waals surface area contributed by atoms with E-state index in [0.29, 0.717) is 23.0 Å². The van der Waals surface area contributed by atoms with E-state index in [0.717, 1.165) is 0 Å². The average molecular weight is 206 g/mol. The molecule has 3 nitrogen and oxygen atoms in total. The molecule has 0 saturated heterocycles. The predicted octanol–water partition coefficient (Wildman–Crippen LogP) is 2.83. The molecular weight excluding hydrogens is 195 g/mol. The summed E-state index contributed by atoms with van der Waals surface area (Å²) in [5, 5.41) is 2.78. The summed E-state index contributed by atoms with van der Waals surface area (Å²) in [6.45, 7) is 1.78. The standard InChI is InChI=1S/C11H11FN2O/c1-7-10(15-11(13-2)14-7)8-5-3-4-6-9(8)12/h3-6H,1-2H3,(H,13,14). The Labute approximate surface area is 86.9 Å². The molecule has 0 bridgehead atoms. The van der Waals surface area contributed by atoms with Gasteiger partial charge in [-0.15, -0.1) is 0 Å². The first kappa shape index (κ1) is 9.71. The number of hydrogen-bond acceptors (Lipinski definition) is 3. The van der Waals surface area contributed by atoms with Crippen LogP contribution < -0.4 is 5.32 Å². The monoisotopic (exact) mass is 206 g/mol. The lowest BCUT2D eigenvalue weighted by Gasteiger charge is -1.98. The van der Waals surface area contributed by atoms with Crippen molar-refractivity contribution in [1.82, 2.24) is 4.98 Å². The smallest absolute Gasteiger partial charge is 0.295 e. The molecule has 0 aliphatic rings. The number of hydrogen-bond donors (Lipinski definition) is 1. The van der Waals surface area contributed by atoms with Gasteiger partial charge < -0.3 is 9.73 Å². The van der Waals surface area contributed by atoms with Crippen LogP contribution in [0.15, 0.2) is 28.7 Å². The number of rotatable bonds is 2. The Bertz CT molecular complexity index is 479. The predicted molar refractivity (Wildman–Crippen MR) is 56.2 cm³/mol. The fraction of sp³-hybridized carbons (Fsp3) is 0.182. The van der Waals surface area contributed by atoms with Gasteiger partial charge in [-0.2, -0.15) is 4.98 Å². The van der Waals surface area contributed by atoms with Gasteiger partial charge in [0.05, 0.1) is 11.3 Å². The molecule has 0 fully saturated rings. The molecular formula is C11H11FN2O. The maximum atomic E-state index is 13.5. The number of aryl methyl sites for hydroxylation is 1. The minimum Gasteiger partial charge on any atom is -0.423 e. The fourth-order valence-electron chi connectivity index (χ4n) is 1.40. The summed E-state index contributed by atoms with van der Waals surface area (Å²) in [7, 11) is 1.70. The second-order valence-electron chi connectivity index (χ2n) is 3.16. The molecule has 78 valence electrons. The third-order valence-electron chi connectivity index (χ3n) is 2.13. The van der Waals surface area contributed by atoms with Gasteiger partial charge in [-0.05, 0) is 19.1 Å². The van der Waals surface area contributed by atoms with E-state index in [9.17, 15) is 4.39 Å². The number of nitrogens with zero attached hydrogens (tertiary/aromatic N) is 1. The molecule has 0 saturated carbocycles. The van der Waals surface area contributed by atoms with Crippen LogP contribution in [-0.2, 0) is 0 Å². The number of benzene rings is 1. The van der Waals surface area contributed by atoms with Gasteiger partial charge in [-0.1, -0.05) is 12.1 Å². The molecule has 2 rings (SSSR count). The van der Waals surface area contributed by atoms with Crippen LogP contribution in [0.3, 0.4) is 0 Å². The zero-order chi connectivity index (χ0) is 10.8. The Hall–Kier alpha value is -1.84. The first-order chi connectivity index (χ1) is 7.22. The largest absolute Gasteiger partial charge is 0.423 e. The van der Waals surface area contributed by atoms with Crippen LogP contribution in [0.1, 0.15) is 5.69 Å². The molecule has 1 N–H and O–H groups in total. The Balaban J connectivity index is 2.54. The summed E-state index contributed by atoms with van der Waals surface area (Å²) in [5.74, 6) is 0.164. The molecule has 15 heavy (non-hydrogen) atoms. The second kappa shape index (κ2) is 3.73. The van der Waals surface area contributed by atoms with E-state index in [1.54, 1.807) is 32.2 Å². The van der Waals surface area contributed by atoms with Crippen LogP contribution in [0.5, 0.6) is 0 Å². The highest BCUT2D eigenvalue weighted by atomic mass is 19.1.